The molecule has 0 amide bonds. The first-order valence-corrected chi connectivity index (χ1v) is 6.00. The van der Waals surface area contributed by atoms with E-state index >= 15 is 0 Å². The van der Waals surface area contributed by atoms with Crippen LogP contribution in [-0.4, -0.2) is 40.0 Å². The zero-order chi connectivity index (χ0) is 14.9. The number of aromatic nitrogens is 2. The van der Waals surface area contributed by atoms with Crippen molar-refractivity contribution in [3.63, 3.8) is 0 Å². The van der Waals surface area contributed by atoms with Gasteiger partial charge < -0.3 is 24.3 Å². The molecule has 1 atom stereocenters. The first-order valence-electron chi connectivity index (χ1n) is 6.00. The summed E-state index contributed by atoms with van der Waals surface area (Å²) in [5, 5.41) is 18.7. The Morgan fingerprint density at radius 1 is 1.35 bits per heavy atom. The summed E-state index contributed by atoms with van der Waals surface area (Å²) in [7, 11) is 3.00. The lowest BCUT2D eigenvalue weighted by Gasteiger charge is -2.10. The summed E-state index contributed by atoms with van der Waals surface area (Å²) in [4.78, 5) is 15.2. The van der Waals surface area contributed by atoms with Crippen LogP contribution in [-0.2, 0) is 11.3 Å². The fourth-order valence-corrected chi connectivity index (χ4v) is 2.09. The summed E-state index contributed by atoms with van der Waals surface area (Å²) in [5.41, 5.74) is 1.11. The highest BCUT2D eigenvalue weighted by Crippen LogP contribution is 2.33. The number of fused-ring (bicyclic) bond motifs is 1. The molecule has 20 heavy (non-hydrogen) atoms. The Labute approximate surface area is 115 Å². The molecule has 1 heterocycles. The molecule has 1 aromatic heterocycles. The maximum Gasteiger partial charge on any atom is 0.323 e. The zero-order valence-corrected chi connectivity index (χ0v) is 11.5. The van der Waals surface area contributed by atoms with Gasteiger partial charge in [0.2, 0.25) is 0 Å². The van der Waals surface area contributed by atoms with Gasteiger partial charge in [0, 0.05) is 12.1 Å². The molecule has 0 unspecified atom stereocenters. The third-order valence-corrected chi connectivity index (χ3v) is 2.95. The Hall–Kier alpha value is -2.28. The highest BCUT2D eigenvalue weighted by molar-refractivity contribution is 5.82. The second-order valence-corrected chi connectivity index (χ2v) is 4.32. The van der Waals surface area contributed by atoms with E-state index in [1.807, 2.05) is 0 Å². The smallest absolute Gasteiger partial charge is 0.323 e. The molecule has 2 N–H and O–H groups in total. The van der Waals surface area contributed by atoms with Crippen molar-refractivity contribution in [3.05, 3.63) is 18.0 Å². The number of hydrogen-bond acceptors (Lipinski definition) is 5. The summed E-state index contributed by atoms with van der Waals surface area (Å²) in [6, 6.07) is 3.30. The van der Waals surface area contributed by atoms with E-state index in [2.05, 4.69) is 4.98 Å². The second kappa shape index (κ2) is 5.38. The Balaban J connectivity index is 2.71. The fourth-order valence-electron chi connectivity index (χ4n) is 2.09. The zero-order valence-electron chi connectivity index (χ0n) is 11.5. The third kappa shape index (κ3) is 2.39. The minimum atomic E-state index is -1.01. The summed E-state index contributed by atoms with van der Waals surface area (Å²) in [5.74, 6) is 0.250. The molecule has 0 radical (unpaired) electrons. The maximum absolute atomic E-state index is 11.0. The quantitative estimate of drug-likeness (QED) is 0.854. The van der Waals surface area contributed by atoms with Gasteiger partial charge in [-0.25, -0.2) is 4.98 Å². The van der Waals surface area contributed by atoms with Crippen molar-refractivity contribution in [2.75, 3.05) is 14.2 Å². The van der Waals surface area contributed by atoms with E-state index in [-0.39, 0.29) is 12.4 Å². The van der Waals surface area contributed by atoms with Crippen LogP contribution in [0.2, 0.25) is 0 Å². The van der Waals surface area contributed by atoms with E-state index in [1.165, 1.54) is 25.7 Å². The van der Waals surface area contributed by atoms with Gasteiger partial charge in [-0.1, -0.05) is 0 Å². The number of aliphatic hydroxyl groups excluding tert-OH is 1. The van der Waals surface area contributed by atoms with E-state index < -0.39 is 12.1 Å². The lowest BCUT2D eigenvalue weighted by molar-refractivity contribution is -0.137. The predicted octanol–water partition coefficient (Wildman–Crippen LogP) is 1.19. The van der Waals surface area contributed by atoms with Crippen molar-refractivity contribution in [3.8, 4) is 11.5 Å². The van der Waals surface area contributed by atoms with Crippen molar-refractivity contribution >= 4 is 17.0 Å². The van der Waals surface area contributed by atoms with Crippen molar-refractivity contribution in [1.82, 2.24) is 9.55 Å². The number of ether oxygens (including phenoxy) is 2. The Morgan fingerprint density at radius 3 is 2.45 bits per heavy atom. The van der Waals surface area contributed by atoms with Gasteiger partial charge in [0.25, 0.3) is 0 Å². The van der Waals surface area contributed by atoms with Gasteiger partial charge in [0.15, 0.2) is 11.5 Å². The molecule has 0 aliphatic carbocycles. The van der Waals surface area contributed by atoms with Crippen molar-refractivity contribution in [2.24, 2.45) is 0 Å². The van der Waals surface area contributed by atoms with Gasteiger partial charge in [-0.3, -0.25) is 4.79 Å². The average Bonchev–Trinajstić information content (AvgIpc) is 2.74. The van der Waals surface area contributed by atoms with Gasteiger partial charge in [-0.15, -0.1) is 0 Å². The molecule has 0 spiro atoms. The minimum Gasteiger partial charge on any atom is -0.493 e. The molecular formula is C13H16N2O5. The first kappa shape index (κ1) is 14.1. The number of imidazole rings is 1. The molecule has 0 bridgehead atoms. The monoisotopic (exact) mass is 280 g/mol. The first-order chi connectivity index (χ1) is 9.47. The molecular weight excluding hydrogens is 264 g/mol. The number of rotatable bonds is 5. The van der Waals surface area contributed by atoms with Crippen LogP contribution in [0.3, 0.4) is 0 Å². The van der Waals surface area contributed by atoms with Crippen LogP contribution < -0.4 is 9.47 Å². The number of nitrogens with zero attached hydrogens (tertiary/aromatic N) is 2. The standard InChI is InChI=1S/C13H16N2O5/c1-7(16)13-14-8-4-10(19-2)11(20-3)5-9(8)15(13)6-12(17)18/h4-5,7,16H,6H2,1-3H3,(H,17,18)/t7-/m0/s1. The maximum atomic E-state index is 11.0. The van der Waals surface area contributed by atoms with Crippen LogP contribution in [0.15, 0.2) is 12.1 Å². The molecule has 7 nitrogen and oxygen atoms in total. The van der Waals surface area contributed by atoms with E-state index in [1.54, 1.807) is 12.1 Å². The molecule has 0 aliphatic heterocycles. The molecule has 1 aromatic carbocycles. The van der Waals surface area contributed by atoms with Crippen LogP contribution >= 0.6 is 0 Å². The lowest BCUT2D eigenvalue weighted by Crippen LogP contribution is -2.13. The summed E-state index contributed by atoms with van der Waals surface area (Å²) < 4.78 is 11.8. The predicted molar refractivity (Wildman–Crippen MR) is 71.1 cm³/mol. The SMILES string of the molecule is COc1cc2nc([C@H](C)O)n(CC(=O)O)c2cc1OC. The molecule has 108 valence electrons. The van der Waals surface area contributed by atoms with Crippen molar-refractivity contribution in [1.29, 1.82) is 0 Å². The third-order valence-electron chi connectivity index (χ3n) is 2.95. The van der Waals surface area contributed by atoms with Gasteiger partial charge in [0.1, 0.15) is 18.5 Å². The lowest BCUT2D eigenvalue weighted by atomic mass is 10.2. The molecule has 0 saturated heterocycles. The van der Waals surface area contributed by atoms with E-state index in [4.69, 9.17) is 14.6 Å². The van der Waals surface area contributed by atoms with Crippen LogP contribution in [0.4, 0.5) is 0 Å². The van der Waals surface area contributed by atoms with Crippen molar-refractivity contribution in [2.45, 2.75) is 19.6 Å². The van der Waals surface area contributed by atoms with E-state index in [9.17, 15) is 9.90 Å². The summed E-state index contributed by atoms with van der Waals surface area (Å²) >= 11 is 0. The number of carboxylic acid groups (broad SMARTS) is 1. The molecule has 2 aromatic rings. The molecule has 7 heteroatoms. The number of benzene rings is 1. The Morgan fingerprint density at radius 2 is 1.95 bits per heavy atom. The van der Waals surface area contributed by atoms with Crippen molar-refractivity contribution < 1.29 is 24.5 Å². The Kier molecular flexibility index (Phi) is 3.80. The van der Waals surface area contributed by atoms with Crippen LogP contribution in [0.5, 0.6) is 11.5 Å². The number of carboxylic acids is 1. The second-order valence-electron chi connectivity index (χ2n) is 4.32. The van der Waals surface area contributed by atoms with Gasteiger partial charge in [0.05, 0.1) is 25.3 Å². The van der Waals surface area contributed by atoms with E-state index in [0.717, 1.165) is 0 Å². The highest BCUT2D eigenvalue weighted by atomic mass is 16.5. The Bertz CT molecular complexity index is 648. The minimum absolute atomic E-state index is 0.285. The van der Waals surface area contributed by atoms with E-state index in [0.29, 0.717) is 22.5 Å². The molecule has 2 rings (SSSR count). The topological polar surface area (TPSA) is 93.8 Å². The molecule has 0 saturated carbocycles. The number of aliphatic hydroxyl groups is 1. The number of methoxy groups -OCH3 is 2. The van der Waals surface area contributed by atoms with Gasteiger partial charge in [-0.2, -0.15) is 0 Å². The van der Waals surface area contributed by atoms with Gasteiger partial charge in [-0.05, 0) is 6.92 Å². The summed E-state index contributed by atoms with van der Waals surface area (Å²) in [6.45, 7) is 1.25. The number of hydrogen-bond donors (Lipinski definition) is 2. The highest BCUT2D eigenvalue weighted by Gasteiger charge is 2.19. The van der Waals surface area contributed by atoms with Crippen LogP contribution in [0.25, 0.3) is 11.0 Å². The molecule has 0 aliphatic rings. The number of carbonyl (C=O) groups is 1. The summed E-state index contributed by atoms with van der Waals surface area (Å²) in [6.07, 6.45) is -0.876. The van der Waals surface area contributed by atoms with Gasteiger partial charge >= 0.3 is 5.97 Å². The average molecular weight is 280 g/mol. The fraction of sp³-hybridized carbons (Fsp3) is 0.385. The molecule has 0 fully saturated rings. The largest absolute Gasteiger partial charge is 0.493 e. The van der Waals surface area contributed by atoms with Crippen LogP contribution in [0, 0.1) is 0 Å². The normalized spacial score (nSPS) is 12.4. The number of aliphatic carboxylic acids is 1. The van der Waals surface area contributed by atoms with Crippen LogP contribution in [0.1, 0.15) is 18.9 Å².